The molecule has 0 aliphatic carbocycles. The van der Waals surface area contributed by atoms with Gasteiger partial charge in [0, 0.05) is 44.7 Å². The number of rotatable bonds is 6. The summed E-state index contributed by atoms with van der Waals surface area (Å²) in [5, 5.41) is 12.5. The number of ether oxygens (including phenoxy) is 1. The van der Waals surface area contributed by atoms with Crippen molar-refractivity contribution in [2.45, 2.75) is 45.7 Å². The van der Waals surface area contributed by atoms with Crippen LogP contribution in [0.2, 0.25) is 0 Å². The molecule has 0 spiro atoms. The van der Waals surface area contributed by atoms with Crippen LogP contribution in [0.25, 0.3) is 6.08 Å². The van der Waals surface area contributed by atoms with Gasteiger partial charge < -0.3 is 24.4 Å². The second-order valence-electron chi connectivity index (χ2n) is 8.14. The number of amides is 3. The largest absolute Gasteiger partial charge is 0.383 e. The van der Waals surface area contributed by atoms with Gasteiger partial charge in [-0.15, -0.1) is 0 Å². The van der Waals surface area contributed by atoms with Crippen molar-refractivity contribution in [1.82, 2.24) is 19.7 Å². The fourth-order valence-electron chi connectivity index (χ4n) is 4.64. The van der Waals surface area contributed by atoms with Gasteiger partial charge in [0.15, 0.2) is 0 Å². The highest BCUT2D eigenvalue weighted by atomic mass is 16.5. The Labute approximate surface area is 178 Å². The maximum Gasteiger partial charge on any atom is 0.317 e. The minimum absolute atomic E-state index is 0.00472. The van der Waals surface area contributed by atoms with Gasteiger partial charge in [-0.25, -0.2) is 4.79 Å². The van der Waals surface area contributed by atoms with Crippen molar-refractivity contribution < 1.29 is 14.3 Å². The summed E-state index contributed by atoms with van der Waals surface area (Å²) < 4.78 is 7.44. The number of carbonyl (C=O) groups excluding carboxylic acids is 2. The lowest BCUT2D eigenvalue weighted by atomic mass is 10.0. The molecule has 2 aliphatic heterocycles. The molecule has 2 atom stereocenters. The van der Waals surface area contributed by atoms with Crippen molar-refractivity contribution >= 4 is 18.0 Å². The third-order valence-electron chi connectivity index (χ3n) is 6.04. The van der Waals surface area contributed by atoms with Gasteiger partial charge in [-0.05, 0) is 51.3 Å². The Morgan fingerprint density at radius 1 is 1.43 bits per heavy atom. The third-order valence-corrected chi connectivity index (χ3v) is 6.04. The summed E-state index contributed by atoms with van der Waals surface area (Å²) in [4.78, 5) is 28.6. The first-order valence-electron chi connectivity index (χ1n) is 10.5. The molecule has 0 saturated carbocycles. The molecule has 30 heavy (non-hydrogen) atoms. The molecule has 3 rings (SSSR count). The smallest absolute Gasteiger partial charge is 0.317 e. The van der Waals surface area contributed by atoms with Crippen molar-refractivity contribution in [2.24, 2.45) is 0 Å². The quantitative estimate of drug-likeness (QED) is 0.572. The molecule has 1 aromatic heterocycles. The molecule has 8 nitrogen and oxygen atoms in total. The first-order chi connectivity index (χ1) is 14.4. The van der Waals surface area contributed by atoms with E-state index in [1.54, 1.807) is 23.0 Å². The first-order valence-corrected chi connectivity index (χ1v) is 10.5. The molecule has 2 aliphatic rings. The maximum atomic E-state index is 13.1. The molecule has 2 saturated heterocycles. The predicted octanol–water partition coefficient (Wildman–Crippen LogP) is 2.24. The van der Waals surface area contributed by atoms with Crippen LogP contribution in [0.15, 0.2) is 11.6 Å². The van der Waals surface area contributed by atoms with Crippen LogP contribution in [0.1, 0.15) is 42.8 Å². The summed E-state index contributed by atoms with van der Waals surface area (Å²) in [6, 6.07) is 4.19. The number of aromatic nitrogens is 1. The highest BCUT2D eigenvalue weighted by Gasteiger charge is 2.33. The Bertz CT molecular complexity index is 882. The van der Waals surface area contributed by atoms with E-state index in [9.17, 15) is 14.9 Å². The molecule has 0 radical (unpaired) electrons. The summed E-state index contributed by atoms with van der Waals surface area (Å²) in [6.45, 7) is 9.05. The zero-order chi connectivity index (χ0) is 21.8. The summed E-state index contributed by atoms with van der Waals surface area (Å²) in [7, 11) is 1.68. The highest BCUT2D eigenvalue weighted by molar-refractivity contribution is 6.02. The summed E-state index contributed by atoms with van der Waals surface area (Å²) in [6.07, 6.45) is 3.39. The standard InChI is InChI=1S/C22H31N5O3/c1-15-10-18(17(3)27(15)16(2)14-30-4)11-19(12-23)21(28)25-8-5-6-20(13-25)26-9-7-24-22(26)29/h10-11,16,20H,5-9,13-14H2,1-4H3,(H,24,29)/b19-11-. The van der Waals surface area contributed by atoms with Gasteiger partial charge in [-0.1, -0.05) is 0 Å². The normalized spacial score (nSPS) is 20.8. The number of nitrogens with zero attached hydrogens (tertiary/aromatic N) is 4. The number of methoxy groups -OCH3 is 1. The number of piperidine rings is 1. The van der Waals surface area contributed by atoms with Crippen LogP contribution in [0.4, 0.5) is 4.79 Å². The Balaban J connectivity index is 1.79. The second-order valence-corrected chi connectivity index (χ2v) is 8.14. The summed E-state index contributed by atoms with van der Waals surface area (Å²) >= 11 is 0. The molecule has 3 heterocycles. The minimum Gasteiger partial charge on any atom is -0.383 e. The Morgan fingerprint density at radius 3 is 2.83 bits per heavy atom. The number of hydrogen-bond acceptors (Lipinski definition) is 4. The van der Waals surface area contributed by atoms with Crippen LogP contribution in [0.5, 0.6) is 0 Å². The van der Waals surface area contributed by atoms with Gasteiger partial charge in [0.05, 0.1) is 18.7 Å². The maximum absolute atomic E-state index is 13.1. The average Bonchev–Trinajstić information content (AvgIpc) is 3.28. The Hall–Kier alpha value is -2.79. The average molecular weight is 414 g/mol. The summed E-state index contributed by atoms with van der Waals surface area (Å²) in [5.41, 5.74) is 3.06. The van der Waals surface area contributed by atoms with Crippen LogP contribution >= 0.6 is 0 Å². The topological polar surface area (TPSA) is 90.6 Å². The van der Waals surface area contributed by atoms with E-state index in [2.05, 4.69) is 22.9 Å². The number of urea groups is 1. The molecule has 2 unspecified atom stereocenters. The van der Waals surface area contributed by atoms with Crippen LogP contribution in [0.3, 0.4) is 0 Å². The minimum atomic E-state index is -0.267. The predicted molar refractivity (Wildman–Crippen MR) is 114 cm³/mol. The van der Waals surface area contributed by atoms with Crippen molar-refractivity contribution in [3.05, 3.63) is 28.6 Å². The van der Waals surface area contributed by atoms with Gasteiger partial charge in [-0.2, -0.15) is 5.26 Å². The van der Waals surface area contributed by atoms with E-state index in [4.69, 9.17) is 4.74 Å². The zero-order valence-electron chi connectivity index (χ0n) is 18.3. The number of carbonyl (C=O) groups is 2. The Morgan fingerprint density at radius 2 is 2.20 bits per heavy atom. The van der Waals surface area contributed by atoms with Gasteiger partial charge >= 0.3 is 6.03 Å². The molecule has 1 aromatic rings. The SMILES string of the molecule is COCC(C)n1c(C)cc(/C=C(/C#N)C(=O)N2CCCC(N3CCNC3=O)C2)c1C. The van der Waals surface area contributed by atoms with Crippen molar-refractivity contribution in [1.29, 1.82) is 5.26 Å². The molecule has 2 fully saturated rings. The zero-order valence-corrected chi connectivity index (χ0v) is 18.3. The molecule has 0 bridgehead atoms. The second kappa shape index (κ2) is 9.35. The van der Waals surface area contributed by atoms with Gasteiger partial charge in [0.25, 0.3) is 5.91 Å². The van der Waals surface area contributed by atoms with E-state index in [-0.39, 0.29) is 29.6 Å². The van der Waals surface area contributed by atoms with E-state index < -0.39 is 0 Å². The molecular weight excluding hydrogens is 382 g/mol. The van der Waals surface area contributed by atoms with Gasteiger partial charge in [0.2, 0.25) is 0 Å². The van der Waals surface area contributed by atoms with Crippen LogP contribution in [-0.2, 0) is 9.53 Å². The van der Waals surface area contributed by atoms with E-state index in [0.717, 1.165) is 29.8 Å². The fraction of sp³-hybridized carbons (Fsp3) is 0.591. The van der Waals surface area contributed by atoms with Gasteiger partial charge in [-0.3, -0.25) is 4.79 Å². The molecule has 1 N–H and O–H groups in total. The molecule has 3 amide bonds. The third kappa shape index (κ3) is 4.36. The monoisotopic (exact) mass is 413 g/mol. The Kier molecular flexibility index (Phi) is 6.83. The van der Waals surface area contributed by atoms with Crippen molar-refractivity contribution in [2.75, 3.05) is 39.9 Å². The molecule has 8 heteroatoms. The van der Waals surface area contributed by atoms with Gasteiger partial charge in [0.1, 0.15) is 11.6 Å². The summed E-state index contributed by atoms with van der Waals surface area (Å²) in [5.74, 6) is -0.267. The van der Waals surface area contributed by atoms with E-state index in [1.807, 2.05) is 19.9 Å². The van der Waals surface area contributed by atoms with E-state index in [0.29, 0.717) is 32.8 Å². The van der Waals surface area contributed by atoms with Crippen LogP contribution in [0, 0.1) is 25.2 Å². The number of nitriles is 1. The molecule has 162 valence electrons. The number of likely N-dealkylation sites (tertiary alicyclic amines) is 1. The lowest BCUT2D eigenvalue weighted by molar-refractivity contribution is -0.128. The van der Waals surface area contributed by atoms with E-state index >= 15 is 0 Å². The fourth-order valence-corrected chi connectivity index (χ4v) is 4.64. The number of aryl methyl sites for hydroxylation is 1. The lowest BCUT2D eigenvalue weighted by Gasteiger charge is -2.36. The molecule has 0 aromatic carbocycles. The van der Waals surface area contributed by atoms with Crippen molar-refractivity contribution in [3.8, 4) is 6.07 Å². The molecular formula is C22H31N5O3. The first kappa shape index (κ1) is 21.9. The van der Waals surface area contributed by atoms with E-state index in [1.165, 1.54) is 0 Å². The van der Waals surface area contributed by atoms with Crippen LogP contribution < -0.4 is 5.32 Å². The highest BCUT2D eigenvalue weighted by Crippen LogP contribution is 2.24. The number of nitrogens with one attached hydrogen (secondary N) is 1. The number of hydrogen-bond donors (Lipinski definition) is 1. The lowest BCUT2D eigenvalue weighted by Crippen LogP contribution is -2.50. The van der Waals surface area contributed by atoms with Crippen LogP contribution in [-0.4, -0.2) is 72.2 Å². The van der Waals surface area contributed by atoms with Crippen molar-refractivity contribution in [3.63, 3.8) is 0 Å².